The molecule has 4 heteroatoms. The largest absolute Gasteiger partial charge is 0.494 e. The molecule has 2 aromatic carbocycles. The van der Waals surface area contributed by atoms with Gasteiger partial charge in [-0.25, -0.2) is 4.98 Å². The zero-order valence-electron chi connectivity index (χ0n) is 17.1. The van der Waals surface area contributed by atoms with E-state index in [-0.39, 0.29) is 6.61 Å². The molecule has 3 aromatic rings. The number of hydrogen-bond donors (Lipinski definition) is 1. The molecule has 0 radical (unpaired) electrons. The first-order valence-corrected chi connectivity index (χ1v) is 10.5. The monoisotopic (exact) mass is 380 g/mol. The van der Waals surface area contributed by atoms with Crippen LogP contribution >= 0.6 is 0 Å². The number of aliphatic hydroxyl groups is 1. The van der Waals surface area contributed by atoms with Crippen molar-refractivity contribution in [1.29, 1.82) is 0 Å². The van der Waals surface area contributed by atoms with Crippen molar-refractivity contribution in [3.05, 3.63) is 59.9 Å². The summed E-state index contributed by atoms with van der Waals surface area (Å²) in [6.07, 6.45) is 4.75. The van der Waals surface area contributed by atoms with Gasteiger partial charge in [-0.05, 0) is 61.4 Å². The number of ether oxygens (including phenoxy) is 1. The average Bonchev–Trinajstić information content (AvgIpc) is 3.09. The summed E-state index contributed by atoms with van der Waals surface area (Å²) < 4.78 is 8.22. The van der Waals surface area contributed by atoms with E-state index in [1.807, 2.05) is 6.07 Å². The van der Waals surface area contributed by atoms with Crippen LogP contribution in [0.5, 0.6) is 5.75 Å². The first-order valence-electron chi connectivity index (χ1n) is 10.5. The zero-order chi connectivity index (χ0) is 19.8. The van der Waals surface area contributed by atoms with E-state index in [1.165, 1.54) is 11.1 Å². The van der Waals surface area contributed by atoms with Crippen LogP contribution in [0.1, 0.15) is 56.8 Å². The molecule has 0 saturated carbocycles. The number of imidazole rings is 1. The van der Waals surface area contributed by atoms with Gasteiger partial charge in [-0.2, -0.15) is 0 Å². The molecule has 1 aromatic heterocycles. The van der Waals surface area contributed by atoms with Crippen molar-refractivity contribution >= 4 is 11.0 Å². The molecular weight excluding hydrogens is 348 g/mol. The van der Waals surface area contributed by atoms with Gasteiger partial charge in [-0.15, -0.1) is 0 Å². The summed E-state index contributed by atoms with van der Waals surface area (Å²) in [6.45, 7) is 6.32. The SMILES string of the molecule is CCC(C)c1ccc(OCCCCn2c(CCCO)nc3ccccc32)cc1. The molecule has 3 rings (SSSR count). The Morgan fingerprint density at radius 3 is 2.57 bits per heavy atom. The molecule has 0 bridgehead atoms. The van der Waals surface area contributed by atoms with Gasteiger partial charge in [-0.3, -0.25) is 0 Å². The highest BCUT2D eigenvalue weighted by molar-refractivity contribution is 5.75. The van der Waals surface area contributed by atoms with Crippen LogP contribution in [0.4, 0.5) is 0 Å². The highest BCUT2D eigenvalue weighted by Gasteiger charge is 2.10. The van der Waals surface area contributed by atoms with Gasteiger partial charge in [0.1, 0.15) is 11.6 Å². The van der Waals surface area contributed by atoms with E-state index in [9.17, 15) is 0 Å². The Bertz CT molecular complexity index is 855. The average molecular weight is 381 g/mol. The number of hydrogen-bond acceptors (Lipinski definition) is 3. The van der Waals surface area contributed by atoms with E-state index in [2.05, 4.69) is 60.9 Å². The van der Waals surface area contributed by atoms with E-state index >= 15 is 0 Å². The fourth-order valence-corrected chi connectivity index (χ4v) is 3.49. The number of aliphatic hydroxyl groups excluding tert-OH is 1. The van der Waals surface area contributed by atoms with Crippen molar-refractivity contribution in [3.63, 3.8) is 0 Å². The van der Waals surface area contributed by atoms with Crippen molar-refractivity contribution in [2.75, 3.05) is 13.2 Å². The number of fused-ring (bicyclic) bond motifs is 1. The predicted octanol–water partition coefficient (Wildman–Crippen LogP) is 5.33. The molecule has 0 aliphatic rings. The lowest BCUT2D eigenvalue weighted by Gasteiger charge is -2.11. The lowest BCUT2D eigenvalue weighted by molar-refractivity contribution is 0.286. The van der Waals surface area contributed by atoms with Crippen molar-refractivity contribution in [2.45, 2.75) is 58.4 Å². The van der Waals surface area contributed by atoms with Crippen LogP contribution in [-0.2, 0) is 13.0 Å². The summed E-state index contributed by atoms with van der Waals surface area (Å²) in [4.78, 5) is 4.75. The number of aryl methyl sites for hydroxylation is 2. The molecule has 1 atom stereocenters. The number of unbranched alkanes of at least 4 members (excludes halogenated alkanes) is 1. The van der Waals surface area contributed by atoms with E-state index in [0.717, 1.165) is 62.3 Å². The highest BCUT2D eigenvalue weighted by Crippen LogP contribution is 2.22. The summed E-state index contributed by atoms with van der Waals surface area (Å²) in [5.74, 6) is 2.61. The van der Waals surface area contributed by atoms with Crippen LogP contribution in [0.15, 0.2) is 48.5 Å². The molecule has 28 heavy (non-hydrogen) atoms. The van der Waals surface area contributed by atoms with Crippen LogP contribution in [0.2, 0.25) is 0 Å². The summed E-state index contributed by atoms with van der Waals surface area (Å²) in [5.41, 5.74) is 3.59. The van der Waals surface area contributed by atoms with Gasteiger partial charge in [0.05, 0.1) is 17.6 Å². The summed E-state index contributed by atoms with van der Waals surface area (Å²) >= 11 is 0. The summed E-state index contributed by atoms with van der Waals surface area (Å²) in [6, 6.07) is 16.8. The van der Waals surface area contributed by atoms with Crippen molar-refractivity contribution in [2.24, 2.45) is 0 Å². The Morgan fingerprint density at radius 1 is 1.04 bits per heavy atom. The van der Waals surface area contributed by atoms with Crippen molar-refractivity contribution in [3.8, 4) is 5.75 Å². The minimum Gasteiger partial charge on any atom is -0.494 e. The van der Waals surface area contributed by atoms with Gasteiger partial charge < -0.3 is 14.4 Å². The molecule has 1 unspecified atom stereocenters. The van der Waals surface area contributed by atoms with Crippen LogP contribution in [0, 0.1) is 0 Å². The standard InChI is InChI=1S/C24H32N2O2/c1-3-19(2)20-12-14-21(15-13-20)28-18-7-6-16-26-23-10-5-4-9-22(23)25-24(26)11-8-17-27/h4-5,9-10,12-15,19,27H,3,6-8,11,16-18H2,1-2H3. The molecule has 0 spiro atoms. The van der Waals surface area contributed by atoms with Gasteiger partial charge >= 0.3 is 0 Å². The quantitative estimate of drug-likeness (QED) is 0.457. The van der Waals surface area contributed by atoms with E-state index in [1.54, 1.807) is 0 Å². The van der Waals surface area contributed by atoms with E-state index in [4.69, 9.17) is 14.8 Å². The molecule has 0 aliphatic heterocycles. The molecule has 150 valence electrons. The number of para-hydroxylation sites is 2. The number of nitrogens with zero attached hydrogens (tertiary/aromatic N) is 2. The first kappa shape index (κ1) is 20.4. The second-order valence-electron chi connectivity index (χ2n) is 7.43. The van der Waals surface area contributed by atoms with Crippen LogP contribution in [0.25, 0.3) is 11.0 Å². The minimum absolute atomic E-state index is 0.201. The Labute approximate surface area is 168 Å². The van der Waals surface area contributed by atoms with Crippen LogP contribution in [0.3, 0.4) is 0 Å². The van der Waals surface area contributed by atoms with Crippen LogP contribution < -0.4 is 4.74 Å². The lowest BCUT2D eigenvalue weighted by Crippen LogP contribution is -2.07. The third-order valence-electron chi connectivity index (χ3n) is 5.40. The fourth-order valence-electron chi connectivity index (χ4n) is 3.49. The molecular formula is C24H32N2O2. The smallest absolute Gasteiger partial charge is 0.119 e. The lowest BCUT2D eigenvalue weighted by atomic mass is 9.99. The molecule has 0 fully saturated rings. The normalized spacial score (nSPS) is 12.4. The fraction of sp³-hybridized carbons (Fsp3) is 0.458. The van der Waals surface area contributed by atoms with Gasteiger partial charge in [0, 0.05) is 19.6 Å². The maximum Gasteiger partial charge on any atom is 0.119 e. The Morgan fingerprint density at radius 2 is 1.82 bits per heavy atom. The molecule has 0 amide bonds. The Balaban J connectivity index is 1.51. The second kappa shape index (κ2) is 10.3. The third-order valence-corrected chi connectivity index (χ3v) is 5.40. The van der Waals surface area contributed by atoms with E-state index in [0.29, 0.717) is 5.92 Å². The first-order chi connectivity index (χ1) is 13.7. The maximum atomic E-state index is 9.16. The van der Waals surface area contributed by atoms with E-state index < -0.39 is 0 Å². The molecule has 1 heterocycles. The summed E-state index contributed by atoms with van der Waals surface area (Å²) in [7, 11) is 0. The van der Waals surface area contributed by atoms with Gasteiger partial charge in [0.15, 0.2) is 0 Å². The van der Waals surface area contributed by atoms with Gasteiger partial charge in [0.2, 0.25) is 0 Å². The Kier molecular flexibility index (Phi) is 7.49. The molecule has 0 saturated heterocycles. The molecule has 0 aliphatic carbocycles. The van der Waals surface area contributed by atoms with Crippen molar-refractivity contribution in [1.82, 2.24) is 9.55 Å². The third kappa shape index (κ3) is 5.14. The minimum atomic E-state index is 0.201. The molecule has 4 nitrogen and oxygen atoms in total. The number of aromatic nitrogens is 2. The van der Waals surface area contributed by atoms with Gasteiger partial charge in [0.25, 0.3) is 0 Å². The zero-order valence-corrected chi connectivity index (χ0v) is 17.1. The Hall–Kier alpha value is -2.33. The number of benzene rings is 2. The van der Waals surface area contributed by atoms with Crippen molar-refractivity contribution < 1.29 is 9.84 Å². The topological polar surface area (TPSA) is 47.3 Å². The summed E-state index contributed by atoms with van der Waals surface area (Å²) in [5, 5.41) is 9.16. The van der Waals surface area contributed by atoms with Crippen LogP contribution in [-0.4, -0.2) is 27.9 Å². The maximum absolute atomic E-state index is 9.16. The molecule has 1 N–H and O–H groups in total. The highest BCUT2D eigenvalue weighted by atomic mass is 16.5. The predicted molar refractivity (Wildman–Crippen MR) is 115 cm³/mol. The second-order valence-corrected chi connectivity index (χ2v) is 7.43. The number of rotatable bonds is 11. The van der Waals surface area contributed by atoms with Gasteiger partial charge in [-0.1, -0.05) is 38.1 Å².